The number of methoxy groups -OCH3 is 1. The molecule has 0 radical (unpaired) electrons. The van der Waals surface area contributed by atoms with Crippen LogP contribution in [0, 0.1) is 5.92 Å². The average molecular weight is 273 g/mol. The first-order valence-corrected chi connectivity index (χ1v) is 7.77. The lowest BCUT2D eigenvalue weighted by Gasteiger charge is -2.31. The summed E-state index contributed by atoms with van der Waals surface area (Å²) in [6.07, 6.45) is 4.04. The predicted molar refractivity (Wildman–Crippen MR) is 73.6 cm³/mol. The molecule has 1 heterocycles. The molecule has 1 amide bonds. The monoisotopic (exact) mass is 273 g/mol. The molecule has 0 unspecified atom stereocenters. The van der Waals surface area contributed by atoms with E-state index in [1.807, 2.05) is 4.90 Å². The van der Waals surface area contributed by atoms with Crippen LogP contribution in [0.25, 0.3) is 0 Å². The van der Waals surface area contributed by atoms with Crippen LogP contribution < -0.4 is 0 Å². The lowest BCUT2D eigenvalue weighted by atomic mass is 9.98. The Kier molecular flexibility index (Phi) is 7.16. The van der Waals surface area contributed by atoms with Gasteiger partial charge in [0.15, 0.2) is 0 Å². The molecule has 0 spiro atoms. The molecule has 1 aliphatic rings. The van der Waals surface area contributed by atoms with E-state index in [1.54, 1.807) is 11.8 Å². The van der Waals surface area contributed by atoms with Crippen LogP contribution in [0.2, 0.25) is 0 Å². The molecular weight excluding hydrogens is 250 g/mol. The van der Waals surface area contributed by atoms with Crippen molar-refractivity contribution in [1.82, 2.24) is 4.90 Å². The summed E-state index contributed by atoms with van der Waals surface area (Å²) in [5, 5.41) is 0. The number of rotatable bonds is 6. The Morgan fingerprint density at radius 3 is 2.89 bits per heavy atom. The van der Waals surface area contributed by atoms with Crippen LogP contribution in [-0.2, 0) is 14.3 Å². The summed E-state index contributed by atoms with van der Waals surface area (Å²) in [5.41, 5.74) is 0. The third-order valence-electron chi connectivity index (χ3n) is 3.18. The molecule has 1 aliphatic heterocycles. The van der Waals surface area contributed by atoms with Gasteiger partial charge in [-0.15, -0.1) is 0 Å². The lowest BCUT2D eigenvalue weighted by molar-refractivity contribution is -0.148. The second-order valence-corrected chi connectivity index (χ2v) is 5.71. The Bertz CT molecular complexity index is 283. The number of unbranched alkanes of at least 4 members (excludes halogenated alkanes) is 1. The zero-order chi connectivity index (χ0) is 13.4. The van der Waals surface area contributed by atoms with Gasteiger partial charge in [-0.05, 0) is 25.0 Å². The SMILES string of the molecule is CCCCSCC(=O)N1CCC[C@H](C(=O)OC)C1. The maximum Gasteiger partial charge on any atom is 0.310 e. The molecule has 1 fully saturated rings. The fourth-order valence-corrected chi connectivity index (χ4v) is 3.05. The number of hydrogen-bond acceptors (Lipinski definition) is 4. The van der Waals surface area contributed by atoms with Gasteiger partial charge < -0.3 is 9.64 Å². The number of hydrogen-bond donors (Lipinski definition) is 0. The fraction of sp³-hybridized carbons (Fsp3) is 0.846. The van der Waals surface area contributed by atoms with Crippen LogP contribution >= 0.6 is 11.8 Å². The molecule has 0 saturated carbocycles. The van der Waals surface area contributed by atoms with E-state index >= 15 is 0 Å². The van der Waals surface area contributed by atoms with Gasteiger partial charge in [-0.3, -0.25) is 9.59 Å². The number of nitrogens with zero attached hydrogens (tertiary/aromatic N) is 1. The summed E-state index contributed by atoms with van der Waals surface area (Å²) in [7, 11) is 1.41. The van der Waals surface area contributed by atoms with E-state index in [0.717, 1.165) is 38.0 Å². The van der Waals surface area contributed by atoms with Gasteiger partial charge in [0.2, 0.25) is 5.91 Å². The van der Waals surface area contributed by atoms with Gasteiger partial charge in [-0.1, -0.05) is 13.3 Å². The topological polar surface area (TPSA) is 46.6 Å². The molecule has 0 aromatic rings. The summed E-state index contributed by atoms with van der Waals surface area (Å²) >= 11 is 1.69. The number of carbonyl (C=O) groups is 2. The fourth-order valence-electron chi connectivity index (χ4n) is 2.06. The van der Waals surface area contributed by atoms with Crippen LogP contribution in [0.1, 0.15) is 32.6 Å². The second-order valence-electron chi connectivity index (χ2n) is 4.61. The van der Waals surface area contributed by atoms with E-state index in [0.29, 0.717) is 12.3 Å². The number of likely N-dealkylation sites (tertiary alicyclic amines) is 1. The van der Waals surface area contributed by atoms with Crippen molar-refractivity contribution in [3.05, 3.63) is 0 Å². The Balaban J connectivity index is 2.31. The molecule has 1 atom stereocenters. The third-order valence-corrected chi connectivity index (χ3v) is 4.20. The highest BCUT2D eigenvalue weighted by atomic mass is 32.2. The number of piperidine rings is 1. The van der Waals surface area contributed by atoms with Crippen molar-refractivity contribution in [2.45, 2.75) is 32.6 Å². The van der Waals surface area contributed by atoms with Crippen molar-refractivity contribution in [2.24, 2.45) is 5.92 Å². The third kappa shape index (κ3) is 4.88. The summed E-state index contributed by atoms with van der Waals surface area (Å²) in [6.45, 7) is 3.45. The number of thioether (sulfide) groups is 1. The molecule has 1 saturated heterocycles. The van der Waals surface area contributed by atoms with Crippen molar-refractivity contribution < 1.29 is 14.3 Å². The lowest BCUT2D eigenvalue weighted by Crippen LogP contribution is -2.43. The molecule has 5 heteroatoms. The van der Waals surface area contributed by atoms with Gasteiger partial charge in [0.05, 0.1) is 18.8 Å². The minimum atomic E-state index is -0.189. The van der Waals surface area contributed by atoms with Crippen molar-refractivity contribution >= 4 is 23.6 Å². The summed E-state index contributed by atoms with van der Waals surface area (Å²) in [6, 6.07) is 0. The molecule has 0 N–H and O–H groups in total. The molecule has 0 aromatic carbocycles. The van der Waals surface area contributed by atoms with Crippen molar-refractivity contribution in [2.75, 3.05) is 31.7 Å². The van der Waals surface area contributed by atoms with Crippen LogP contribution in [0.4, 0.5) is 0 Å². The summed E-state index contributed by atoms with van der Waals surface area (Å²) in [5.74, 6) is 1.41. The Morgan fingerprint density at radius 2 is 2.22 bits per heavy atom. The summed E-state index contributed by atoms with van der Waals surface area (Å²) < 4.78 is 4.75. The van der Waals surface area contributed by atoms with Crippen molar-refractivity contribution in [3.8, 4) is 0 Å². The molecule has 4 nitrogen and oxygen atoms in total. The Hall–Kier alpha value is -0.710. The average Bonchev–Trinajstić information content (AvgIpc) is 2.42. The quantitative estimate of drug-likeness (QED) is 0.548. The number of carbonyl (C=O) groups excluding carboxylic acids is 2. The van der Waals surface area contributed by atoms with Crippen LogP contribution in [-0.4, -0.2) is 48.5 Å². The highest BCUT2D eigenvalue weighted by Gasteiger charge is 2.28. The number of amides is 1. The van der Waals surface area contributed by atoms with E-state index in [1.165, 1.54) is 7.11 Å². The number of ether oxygens (including phenoxy) is 1. The molecule has 1 rings (SSSR count). The van der Waals surface area contributed by atoms with Gasteiger partial charge in [-0.2, -0.15) is 11.8 Å². The maximum absolute atomic E-state index is 12.0. The normalized spacial score (nSPS) is 19.7. The van der Waals surface area contributed by atoms with E-state index in [4.69, 9.17) is 4.74 Å². The highest BCUT2D eigenvalue weighted by Crippen LogP contribution is 2.18. The zero-order valence-corrected chi connectivity index (χ0v) is 12.1. The van der Waals surface area contributed by atoms with Crippen LogP contribution in [0.5, 0.6) is 0 Å². The Labute approximate surface area is 113 Å². The van der Waals surface area contributed by atoms with Crippen molar-refractivity contribution in [1.29, 1.82) is 0 Å². The van der Waals surface area contributed by atoms with Gasteiger partial charge in [-0.25, -0.2) is 0 Å². The first kappa shape index (κ1) is 15.3. The van der Waals surface area contributed by atoms with Crippen LogP contribution in [0.3, 0.4) is 0 Å². The largest absolute Gasteiger partial charge is 0.469 e. The standard InChI is InChI=1S/C13H23NO3S/c1-3-4-8-18-10-12(15)14-7-5-6-11(9-14)13(16)17-2/h11H,3-10H2,1-2H3/t11-/m0/s1. The predicted octanol–water partition coefficient (Wildman–Crippen LogP) is 1.93. The van der Waals surface area contributed by atoms with Crippen molar-refractivity contribution in [3.63, 3.8) is 0 Å². The number of esters is 1. The minimum Gasteiger partial charge on any atom is -0.469 e. The van der Waals surface area contributed by atoms with Gasteiger partial charge in [0.1, 0.15) is 0 Å². The molecule has 0 aliphatic carbocycles. The molecule has 18 heavy (non-hydrogen) atoms. The molecular formula is C13H23NO3S. The van der Waals surface area contributed by atoms with E-state index < -0.39 is 0 Å². The van der Waals surface area contributed by atoms with Gasteiger partial charge in [0.25, 0.3) is 0 Å². The highest BCUT2D eigenvalue weighted by molar-refractivity contribution is 7.99. The maximum atomic E-state index is 12.0. The van der Waals surface area contributed by atoms with Gasteiger partial charge >= 0.3 is 5.97 Å². The van der Waals surface area contributed by atoms with Gasteiger partial charge in [0, 0.05) is 13.1 Å². The Morgan fingerprint density at radius 1 is 1.44 bits per heavy atom. The first-order chi connectivity index (χ1) is 8.69. The smallest absolute Gasteiger partial charge is 0.310 e. The van der Waals surface area contributed by atoms with E-state index in [-0.39, 0.29) is 17.8 Å². The zero-order valence-electron chi connectivity index (χ0n) is 11.3. The first-order valence-electron chi connectivity index (χ1n) is 6.62. The minimum absolute atomic E-state index is 0.131. The van der Waals surface area contributed by atoms with E-state index in [9.17, 15) is 9.59 Å². The van der Waals surface area contributed by atoms with Crippen LogP contribution in [0.15, 0.2) is 0 Å². The molecule has 0 bridgehead atoms. The molecule has 0 aromatic heterocycles. The molecule has 104 valence electrons. The second kappa shape index (κ2) is 8.40. The summed E-state index contributed by atoms with van der Waals surface area (Å²) in [4.78, 5) is 25.2. The van der Waals surface area contributed by atoms with E-state index in [2.05, 4.69) is 6.92 Å².